The highest BCUT2D eigenvalue weighted by atomic mass is 32.1. The van der Waals surface area contributed by atoms with Gasteiger partial charge in [0.2, 0.25) is 5.91 Å². The number of non-ortho nitro benzene ring substituents is 1. The number of ketones is 1. The number of thiophene rings is 1. The minimum Gasteiger partial charge on any atom is -0.329 e. The van der Waals surface area contributed by atoms with Crippen molar-refractivity contribution < 1.29 is 14.5 Å². The van der Waals surface area contributed by atoms with Crippen molar-refractivity contribution in [1.29, 1.82) is 0 Å². The molecule has 0 spiro atoms. The quantitative estimate of drug-likeness (QED) is 0.661. The molecule has 2 aromatic rings. The number of allylic oxidation sites excluding steroid dienone is 2. The molecule has 2 heterocycles. The second-order valence-electron chi connectivity index (χ2n) is 6.59. The van der Waals surface area contributed by atoms with Crippen LogP contribution in [0.4, 0.5) is 5.69 Å². The van der Waals surface area contributed by atoms with Gasteiger partial charge in [-0.25, -0.2) is 0 Å². The molecule has 6 nitrogen and oxygen atoms in total. The van der Waals surface area contributed by atoms with Crippen molar-refractivity contribution in [3.8, 4) is 0 Å². The Morgan fingerprint density at radius 3 is 2.50 bits per heavy atom. The molecule has 0 bridgehead atoms. The van der Waals surface area contributed by atoms with Crippen LogP contribution in [0, 0.1) is 10.1 Å². The first-order valence-corrected chi connectivity index (χ1v) is 9.24. The van der Waals surface area contributed by atoms with Gasteiger partial charge in [-0.3, -0.25) is 19.7 Å². The summed E-state index contributed by atoms with van der Waals surface area (Å²) in [5, 5.41) is 15.7. The summed E-state index contributed by atoms with van der Waals surface area (Å²) in [6.45, 7) is 0. The highest BCUT2D eigenvalue weighted by Crippen LogP contribution is 2.43. The van der Waals surface area contributed by atoms with E-state index in [-0.39, 0.29) is 35.6 Å². The third kappa shape index (κ3) is 2.94. The van der Waals surface area contributed by atoms with Gasteiger partial charge in [-0.15, -0.1) is 11.3 Å². The lowest BCUT2D eigenvalue weighted by Crippen LogP contribution is -2.38. The van der Waals surface area contributed by atoms with Crippen LogP contribution in [-0.2, 0) is 9.59 Å². The zero-order valence-corrected chi connectivity index (χ0v) is 14.6. The molecule has 2 atom stereocenters. The van der Waals surface area contributed by atoms with Crippen molar-refractivity contribution in [2.45, 2.75) is 31.1 Å². The minimum atomic E-state index is -0.459. The lowest BCUT2D eigenvalue weighted by Gasteiger charge is -2.34. The van der Waals surface area contributed by atoms with Gasteiger partial charge in [0, 0.05) is 53.0 Å². The molecule has 1 aliphatic carbocycles. The molecule has 1 aliphatic heterocycles. The first-order valence-electron chi connectivity index (χ1n) is 8.36. The van der Waals surface area contributed by atoms with Gasteiger partial charge in [-0.1, -0.05) is 18.2 Å². The van der Waals surface area contributed by atoms with Crippen LogP contribution in [0.1, 0.15) is 41.5 Å². The Bertz CT molecular complexity index is 916. The molecule has 132 valence electrons. The predicted octanol–water partition coefficient (Wildman–Crippen LogP) is 3.66. The average Bonchev–Trinajstić information content (AvgIpc) is 3.15. The summed E-state index contributed by atoms with van der Waals surface area (Å²) < 4.78 is 0. The molecular weight excluding hydrogens is 352 g/mol. The van der Waals surface area contributed by atoms with Crippen molar-refractivity contribution in [2.24, 2.45) is 0 Å². The number of nitrogens with zero attached hydrogens (tertiary/aromatic N) is 1. The van der Waals surface area contributed by atoms with E-state index in [2.05, 4.69) is 5.32 Å². The van der Waals surface area contributed by atoms with Crippen LogP contribution in [0.15, 0.2) is 53.0 Å². The van der Waals surface area contributed by atoms with Gasteiger partial charge in [0.15, 0.2) is 5.78 Å². The Morgan fingerprint density at radius 2 is 1.85 bits per heavy atom. The van der Waals surface area contributed by atoms with E-state index >= 15 is 0 Å². The number of carbonyl (C=O) groups excluding carboxylic acids is 2. The summed E-state index contributed by atoms with van der Waals surface area (Å²) in [5.74, 6) is -0.312. The molecule has 0 saturated carbocycles. The van der Waals surface area contributed by atoms with Gasteiger partial charge in [-0.05, 0) is 23.4 Å². The Balaban J connectivity index is 1.70. The first-order chi connectivity index (χ1) is 12.5. The number of hydrogen-bond donors (Lipinski definition) is 1. The topological polar surface area (TPSA) is 89.3 Å². The van der Waals surface area contributed by atoms with E-state index < -0.39 is 4.92 Å². The number of amides is 1. The molecule has 0 unspecified atom stereocenters. The third-order valence-electron chi connectivity index (χ3n) is 4.99. The maximum atomic E-state index is 12.9. The summed E-state index contributed by atoms with van der Waals surface area (Å²) in [6, 6.07) is 10.1. The second-order valence-corrected chi connectivity index (χ2v) is 7.57. The van der Waals surface area contributed by atoms with Crippen molar-refractivity contribution in [2.75, 3.05) is 0 Å². The zero-order valence-electron chi connectivity index (χ0n) is 13.8. The predicted molar refractivity (Wildman–Crippen MR) is 96.9 cm³/mol. The van der Waals surface area contributed by atoms with E-state index in [1.54, 1.807) is 23.5 Å². The summed E-state index contributed by atoms with van der Waals surface area (Å²) in [4.78, 5) is 36.6. The normalized spacial score (nSPS) is 22.8. The number of carbonyl (C=O) groups is 2. The van der Waals surface area contributed by atoms with Crippen molar-refractivity contribution in [3.05, 3.63) is 73.6 Å². The van der Waals surface area contributed by atoms with Gasteiger partial charge >= 0.3 is 0 Å². The zero-order chi connectivity index (χ0) is 18.3. The van der Waals surface area contributed by atoms with E-state index in [0.717, 1.165) is 10.4 Å². The monoisotopic (exact) mass is 368 g/mol. The molecule has 1 N–H and O–H groups in total. The third-order valence-corrected chi connectivity index (χ3v) is 6.02. The fourth-order valence-electron chi connectivity index (χ4n) is 3.80. The van der Waals surface area contributed by atoms with Crippen LogP contribution in [0.2, 0.25) is 0 Å². The van der Waals surface area contributed by atoms with Crippen LogP contribution in [0.25, 0.3) is 0 Å². The van der Waals surface area contributed by atoms with Crippen LogP contribution >= 0.6 is 11.3 Å². The van der Waals surface area contributed by atoms with Crippen LogP contribution in [-0.4, -0.2) is 16.6 Å². The maximum absolute atomic E-state index is 12.9. The fourth-order valence-corrected chi connectivity index (χ4v) is 4.63. The Morgan fingerprint density at radius 1 is 1.08 bits per heavy atom. The van der Waals surface area contributed by atoms with E-state index in [9.17, 15) is 19.7 Å². The number of nitrogens with one attached hydrogen (secondary N) is 1. The molecule has 1 aromatic heterocycles. The smallest absolute Gasteiger partial charge is 0.269 e. The standard InChI is InChI=1S/C19H16N2O4S/c22-16-9-12(17-2-1-7-26-17)8-15-19(16)14(10-18(23)20-15)11-3-5-13(6-4-11)21(24)25/h1-7,12,14H,8-10H2,(H,20,23)/t12-,14-/m1/s1. The Hall–Kier alpha value is -2.80. The molecule has 0 radical (unpaired) electrons. The lowest BCUT2D eigenvalue weighted by molar-refractivity contribution is -0.384. The molecule has 2 aliphatic rings. The van der Waals surface area contributed by atoms with Gasteiger partial charge in [-0.2, -0.15) is 0 Å². The van der Waals surface area contributed by atoms with E-state index in [0.29, 0.717) is 24.1 Å². The number of benzene rings is 1. The number of nitro benzene ring substituents is 1. The first kappa shape index (κ1) is 16.7. The maximum Gasteiger partial charge on any atom is 0.269 e. The molecule has 26 heavy (non-hydrogen) atoms. The molecule has 1 amide bonds. The fraction of sp³-hybridized carbons (Fsp3) is 0.263. The van der Waals surface area contributed by atoms with E-state index in [1.165, 1.54) is 12.1 Å². The molecule has 0 fully saturated rings. The van der Waals surface area contributed by atoms with Crippen molar-refractivity contribution in [3.63, 3.8) is 0 Å². The van der Waals surface area contributed by atoms with Crippen molar-refractivity contribution in [1.82, 2.24) is 5.32 Å². The van der Waals surface area contributed by atoms with Crippen LogP contribution in [0.3, 0.4) is 0 Å². The lowest BCUT2D eigenvalue weighted by atomic mass is 9.75. The van der Waals surface area contributed by atoms with Gasteiger partial charge < -0.3 is 5.32 Å². The minimum absolute atomic E-state index is 0.00376. The number of hydrogen-bond acceptors (Lipinski definition) is 5. The molecular formula is C19H16N2O4S. The molecule has 1 aromatic carbocycles. The average molecular weight is 368 g/mol. The molecule has 7 heteroatoms. The van der Waals surface area contributed by atoms with Crippen LogP contribution < -0.4 is 5.32 Å². The van der Waals surface area contributed by atoms with Gasteiger partial charge in [0.25, 0.3) is 5.69 Å². The number of Topliss-reactive ketones (excluding diaryl/α,β-unsaturated/α-hetero) is 1. The van der Waals surface area contributed by atoms with Gasteiger partial charge in [0.05, 0.1) is 4.92 Å². The molecule has 0 saturated heterocycles. The van der Waals surface area contributed by atoms with Crippen molar-refractivity contribution >= 4 is 28.7 Å². The largest absolute Gasteiger partial charge is 0.329 e. The summed E-state index contributed by atoms with van der Waals surface area (Å²) in [7, 11) is 0. The SMILES string of the molecule is O=C1C[C@H](c2ccc([N+](=O)[O-])cc2)C2=C(C[C@@H](c3cccs3)CC2=O)N1. The Kier molecular flexibility index (Phi) is 4.16. The van der Waals surface area contributed by atoms with Crippen LogP contribution in [0.5, 0.6) is 0 Å². The van der Waals surface area contributed by atoms with E-state index in [1.807, 2.05) is 17.5 Å². The van der Waals surface area contributed by atoms with E-state index in [4.69, 9.17) is 0 Å². The number of rotatable bonds is 3. The summed E-state index contributed by atoms with van der Waals surface area (Å²) >= 11 is 1.62. The second kappa shape index (κ2) is 6.49. The molecule has 4 rings (SSSR count). The highest BCUT2D eigenvalue weighted by molar-refractivity contribution is 7.10. The number of nitro groups is 1. The summed E-state index contributed by atoms with van der Waals surface area (Å²) in [5.41, 5.74) is 2.13. The van der Waals surface area contributed by atoms with Gasteiger partial charge in [0.1, 0.15) is 0 Å². The summed E-state index contributed by atoms with van der Waals surface area (Å²) in [6.07, 6.45) is 1.25. The Labute approximate surface area is 153 Å². The highest BCUT2D eigenvalue weighted by Gasteiger charge is 2.38.